The van der Waals surface area contributed by atoms with Crippen LogP contribution in [0.2, 0.25) is 5.02 Å². The summed E-state index contributed by atoms with van der Waals surface area (Å²) in [5, 5.41) is 3.43. The Morgan fingerprint density at radius 3 is 2.50 bits per heavy atom. The minimum Gasteiger partial charge on any atom is -0.347 e. The summed E-state index contributed by atoms with van der Waals surface area (Å²) < 4.78 is 11.5. The fraction of sp³-hybridized carbons (Fsp3) is 0.588. The molecule has 3 aliphatic rings. The van der Waals surface area contributed by atoms with E-state index < -0.39 is 0 Å². The van der Waals surface area contributed by atoms with Crippen molar-refractivity contribution in [3.05, 3.63) is 29.3 Å². The van der Waals surface area contributed by atoms with Crippen molar-refractivity contribution in [3.63, 3.8) is 0 Å². The first kappa shape index (κ1) is 16.1. The number of hydrogen-bond donors (Lipinski definition) is 1. The second-order valence-electron chi connectivity index (χ2n) is 6.61. The summed E-state index contributed by atoms with van der Waals surface area (Å²) in [7, 11) is 0. The lowest BCUT2D eigenvalue weighted by molar-refractivity contribution is -0.190. The molecule has 4 rings (SSSR count). The van der Waals surface area contributed by atoms with E-state index in [0.717, 1.165) is 39.0 Å². The third-order valence-corrected chi connectivity index (χ3v) is 5.48. The Balaban J connectivity index is 1.25. The molecule has 3 saturated heterocycles. The Hall–Kier alpha value is -1.34. The number of carbonyl (C=O) groups excluding carboxylic acids is 1. The lowest BCUT2D eigenvalue weighted by atomic mass is 9.99. The predicted molar refractivity (Wildman–Crippen MR) is 91.3 cm³/mol. The number of nitrogens with one attached hydrogen (secondary N) is 1. The number of hydrogen-bond acceptors (Lipinski definition) is 4. The van der Waals surface area contributed by atoms with E-state index in [4.69, 9.17) is 21.1 Å². The van der Waals surface area contributed by atoms with Crippen LogP contribution in [0.3, 0.4) is 0 Å². The van der Waals surface area contributed by atoms with Crippen molar-refractivity contribution in [2.45, 2.75) is 24.7 Å². The molecule has 0 atom stereocenters. The number of ether oxygens (including phenoxy) is 2. The van der Waals surface area contributed by atoms with Crippen LogP contribution in [0.5, 0.6) is 0 Å². The molecular weight excluding hydrogens is 330 g/mol. The van der Waals surface area contributed by atoms with Gasteiger partial charge in [-0.25, -0.2) is 4.79 Å². The van der Waals surface area contributed by atoms with Crippen molar-refractivity contribution in [2.24, 2.45) is 0 Å². The predicted octanol–water partition coefficient (Wildman–Crippen LogP) is 2.40. The number of rotatable bonds is 2. The summed E-state index contributed by atoms with van der Waals surface area (Å²) >= 11 is 6.08. The molecule has 3 aliphatic heterocycles. The number of nitrogens with zero attached hydrogens (tertiary/aromatic N) is 2. The van der Waals surface area contributed by atoms with E-state index >= 15 is 0 Å². The third kappa shape index (κ3) is 3.11. The van der Waals surface area contributed by atoms with Crippen LogP contribution in [0.25, 0.3) is 0 Å². The van der Waals surface area contributed by atoms with Crippen molar-refractivity contribution in [1.29, 1.82) is 0 Å². The number of benzene rings is 1. The maximum Gasteiger partial charge on any atom is 0.321 e. The lowest BCUT2D eigenvalue weighted by Gasteiger charge is -2.48. The van der Waals surface area contributed by atoms with Gasteiger partial charge in [0.2, 0.25) is 0 Å². The maximum atomic E-state index is 12.3. The molecular formula is C17H22ClN3O3. The van der Waals surface area contributed by atoms with Crippen molar-refractivity contribution >= 4 is 23.3 Å². The highest BCUT2D eigenvalue weighted by atomic mass is 35.5. The monoisotopic (exact) mass is 351 g/mol. The largest absolute Gasteiger partial charge is 0.347 e. The zero-order valence-corrected chi connectivity index (χ0v) is 14.3. The van der Waals surface area contributed by atoms with Gasteiger partial charge < -0.3 is 19.7 Å². The molecule has 24 heavy (non-hydrogen) atoms. The highest BCUT2D eigenvalue weighted by Crippen LogP contribution is 2.33. The highest BCUT2D eigenvalue weighted by Gasteiger charge is 2.43. The number of halogens is 1. The molecule has 1 aromatic rings. The molecule has 2 amide bonds. The van der Waals surface area contributed by atoms with E-state index in [-0.39, 0.29) is 11.8 Å². The summed E-state index contributed by atoms with van der Waals surface area (Å²) in [6.45, 7) is 4.85. The van der Waals surface area contributed by atoms with E-state index in [1.54, 1.807) is 6.07 Å². The Bertz CT molecular complexity index is 605. The first-order chi connectivity index (χ1) is 11.7. The molecule has 6 nitrogen and oxygen atoms in total. The topological polar surface area (TPSA) is 54.0 Å². The van der Waals surface area contributed by atoms with E-state index in [0.29, 0.717) is 30.0 Å². The van der Waals surface area contributed by atoms with Gasteiger partial charge in [0.1, 0.15) is 0 Å². The standard InChI is InChI=1S/C17H22ClN3O3/c18-14-3-1-2-4-15(14)19-16(22)21-11-13(12-21)20-7-5-17(6-8-20)23-9-10-24-17/h1-4,13H,5-12H2,(H,19,22). The van der Waals surface area contributed by atoms with Crippen LogP contribution in [0.15, 0.2) is 24.3 Å². The quantitative estimate of drug-likeness (QED) is 0.889. The van der Waals surface area contributed by atoms with Crippen LogP contribution in [0.4, 0.5) is 10.5 Å². The molecule has 0 saturated carbocycles. The van der Waals surface area contributed by atoms with E-state index in [2.05, 4.69) is 10.2 Å². The van der Waals surface area contributed by atoms with E-state index in [9.17, 15) is 4.79 Å². The lowest BCUT2D eigenvalue weighted by Crippen LogP contribution is -2.64. The van der Waals surface area contributed by atoms with Gasteiger partial charge in [0.15, 0.2) is 5.79 Å². The Labute approximate surface area is 146 Å². The molecule has 3 heterocycles. The number of amides is 2. The fourth-order valence-electron chi connectivity index (χ4n) is 3.62. The van der Waals surface area contributed by atoms with Crippen molar-refractivity contribution in [3.8, 4) is 0 Å². The van der Waals surface area contributed by atoms with Crippen molar-refractivity contribution in [2.75, 3.05) is 44.7 Å². The second-order valence-corrected chi connectivity index (χ2v) is 7.02. The van der Waals surface area contributed by atoms with Crippen LogP contribution >= 0.6 is 11.6 Å². The summed E-state index contributed by atoms with van der Waals surface area (Å²) in [5.74, 6) is -0.332. The van der Waals surface area contributed by atoms with E-state index in [1.165, 1.54) is 0 Å². The number of piperidine rings is 1. The maximum absolute atomic E-state index is 12.3. The van der Waals surface area contributed by atoms with Gasteiger partial charge in [0, 0.05) is 45.1 Å². The summed E-state index contributed by atoms with van der Waals surface area (Å²) in [4.78, 5) is 16.5. The summed E-state index contributed by atoms with van der Waals surface area (Å²) in [5.41, 5.74) is 0.656. The van der Waals surface area contributed by atoms with Gasteiger partial charge in [-0.15, -0.1) is 0 Å². The number of likely N-dealkylation sites (tertiary alicyclic amines) is 2. The van der Waals surface area contributed by atoms with Gasteiger partial charge >= 0.3 is 6.03 Å². The van der Waals surface area contributed by atoms with Crippen molar-refractivity contribution in [1.82, 2.24) is 9.80 Å². The molecule has 130 valence electrons. The van der Waals surface area contributed by atoms with Crippen LogP contribution < -0.4 is 5.32 Å². The number of urea groups is 1. The normalized spacial score (nSPS) is 24.1. The Morgan fingerprint density at radius 2 is 1.83 bits per heavy atom. The minimum absolute atomic E-state index is 0.0877. The van der Waals surface area contributed by atoms with Crippen LogP contribution in [-0.2, 0) is 9.47 Å². The number of para-hydroxylation sites is 1. The average molecular weight is 352 g/mol. The Morgan fingerprint density at radius 1 is 1.17 bits per heavy atom. The summed E-state index contributed by atoms with van der Waals surface area (Å²) in [6, 6.07) is 7.63. The molecule has 3 fully saturated rings. The van der Waals surface area contributed by atoms with Gasteiger partial charge in [-0.1, -0.05) is 23.7 Å². The van der Waals surface area contributed by atoms with Crippen LogP contribution in [0, 0.1) is 0 Å². The molecule has 1 aromatic carbocycles. The van der Waals surface area contributed by atoms with Gasteiger partial charge in [0.25, 0.3) is 0 Å². The first-order valence-electron chi connectivity index (χ1n) is 8.48. The molecule has 0 aliphatic carbocycles. The third-order valence-electron chi connectivity index (χ3n) is 5.15. The van der Waals surface area contributed by atoms with Gasteiger partial charge in [-0.2, -0.15) is 0 Å². The highest BCUT2D eigenvalue weighted by molar-refractivity contribution is 6.33. The van der Waals surface area contributed by atoms with Crippen molar-refractivity contribution < 1.29 is 14.3 Å². The fourth-order valence-corrected chi connectivity index (χ4v) is 3.81. The molecule has 7 heteroatoms. The van der Waals surface area contributed by atoms with Gasteiger partial charge in [0.05, 0.1) is 23.9 Å². The molecule has 0 aromatic heterocycles. The smallest absolute Gasteiger partial charge is 0.321 e. The zero-order valence-electron chi connectivity index (χ0n) is 13.5. The number of carbonyl (C=O) groups is 1. The Kier molecular flexibility index (Phi) is 4.39. The van der Waals surface area contributed by atoms with Crippen LogP contribution in [0.1, 0.15) is 12.8 Å². The molecule has 0 radical (unpaired) electrons. The number of anilines is 1. The second kappa shape index (κ2) is 6.52. The first-order valence-corrected chi connectivity index (χ1v) is 8.85. The minimum atomic E-state index is -0.332. The van der Waals surface area contributed by atoms with Gasteiger partial charge in [-0.05, 0) is 12.1 Å². The zero-order chi connectivity index (χ0) is 16.6. The summed E-state index contributed by atoms with van der Waals surface area (Å²) in [6.07, 6.45) is 1.82. The average Bonchev–Trinajstić information content (AvgIpc) is 2.98. The molecule has 0 bridgehead atoms. The SMILES string of the molecule is O=C(Nc1ccccc1Cl)N1CC(N2CCC3(CC2)OCCO3)C1. The van der Waals surface area contributed by atoms with E-state index in [1.807, 2.05) is 23.1 Å². The molecule has 1 N–H and O–H groups in total. The molecule has 0 unspecified atom stereocenters. The molecule has 1 spiro atoms. The van der Waals surface area contributed by atoms with Crippen LogP contribution in [-0.4, -0.2) is 67.1 Å². The van der Waals surface area contributed by atoms with Gasteiger partial charge in [-0.3, -0.25) is 4.90 Å².